The largest absolute Gasteiger partial charge is 0.496 e. The van der Waals surface area contributed by atoms with E-state index in [-0.39, 0.29) is 12.1 Å². The Morgan fingerprint density at radius 3 is 2.35 bits per heavy atom. The molecule has 0 radical (unpaired) electrons. The standard InChI is InChI=1S/C27H23ClF3N3O3/c1-33(26(36)17-11-13-18(14-12-17)27(29,30)31)16-25(35)34-23(20-8-4-6-10-24(20)37-2)15-22(32-34)19-7-3-5-9-21(19)28/h3-14,23H,15-16H2,1-2H3/t23-/m1/s1. The lowest BCUT2D eigenvalue weighted by Crippen LogP contribution is -2.39. The molecule has 3 aromatic carbocycles. The molecular weight excluding hydrogens is 507 g/mol. The van der Waals surface area contributed by atoms with Crippen LogP contribution >= 0.6 is 11.6 Å². The van der Waals surface area contributed by atoms with Gasteiger partial charge in [-0.2, -0.15) is 18.3 Å². The van der Waals surface area contributed by atoms with Gasteiger partial charge in [-0.1, -0.05) is 48.0 Å². The smallest absolute Gasteiger partial charge is 0.416 e. The topological polar surface area (TPSA) is 62.2 Å². The molecule has 0 saturated carbocycles. The number of benzene rings is 3. The third kappa shape index (κ3) is 5.61. The highest BCUT2D eigenvalue weighted by Crippen LogP contribution is 2.38. The van der Waals surface area contributed by atoms with Crippen molar-refractivity contribution in [3.63, 3.8) is 0 Å². The van der Waals surface area contributed by atoms with Crippen LogP contribution in [0.4, 0.5) is 13.2 Å². The highest BCUT2D eigenvalue weighted by Gasteiger charge is 2.36. The number of ether oxygens (including phenoxy) is 1. The Morgan fingerprint density at radius 1 is 1.05 bits per heavy atom. The average Bonchev–Trinajstić information content (AvgIpc) is 3.33. The molecule has 4 rings (SSSR count). The van der Waals surface area contributed by atoms with Crippen molar-refractivity contribution in [2.45, 2.75) is 18.6 Å². The van der Waals surface area contributed by atoms with E-state index in [0.29, 0.717) is 28.5 Å². The Kier molecular flexibility index (Phi) is 7.54. The maximum Gasteiger partial charge on any atom is 0.416 e. The summed E-state index contributed by atoms with van der Waals surface area (Å²) >= 11 is 6.38. The minimum atomic E-state index is -4.51. The first kappa shape index (κ1) is 26.2. The highest BCUT2D eigenvalue weighted by molar-refractivity contribution is 6.34. The molecule has 0 N–H and O–H groups in total. The number of likely N-dealkylation sites (N-methyl/N-ethyl adjacent to an activating group) is 1. The zero-order chi connectivity index (χ0) is 26.7. The fourth-order valence-electron chi connectivity index (χ4n) is 4.15. The fraction of sp³-hybridized carbons (Fsp3) is 0.222. The van der Waals surface area contributed by atoms with Crippen LogP contribution in [0.2, 0.25) is 5.02 Å². The van der Waals surface area contributed by atoms with Crippen LogP contribution < -0.4 is 4.74 Å². The fourth-order valence-corrected chi connectivity index (χ4v) is 4.40. The minimum absolute atomic E-state index is 0.0336. The Labute approximate surface area is 216 Å². The van der Waals surface area contributed by atoms with Gasteiger partial charge in [0.15, 0.2) is 0 Å². The zero-order valence-electron chi connectivity index (χ0n) is 20.0. The van der Waals surface area contributed by atoms with E-state index in [1.165, 1.54) is 19.2 Å². The van der Waals surface area contributed by atoms with Gasteiger partial charge in [-0.15, -0.1) is 0 Å². The van der Waals surface area contributed by atoms with Crippen LogP contribution in [0.25, 0.3) is 0 Å². The number of hydrazone groups is 1. The summed E-state index contributed by atoms with van der Waals surface area (Å²) in [5.41, 5.74) is 1.20. The van der Waals surface area contributed by atoms with Crippen molar-refractivity contribution in [2.24, 2.45) is 5.10 Å². The Balaban J connectivity index is 1.60. The van der Waals surface area contributed by atoms with E-state index in [4.69, 9.17) is 16.3 Å². The molecule has 0 unspecified atom stereocenters. The van der Waals surface area contributed by atoms with Crippen LogP contribution in [0.3, 0.4) is 0 Å². The molecular formula is C27H23ClF3N3O3. The lowest BCUT2D eigenvalue weighted by molar-refractivity contribution is -0.137. The second kappa shape index (κ2) is 10.6. The van der Waals surface area contributed by atoms with E-state index < -0.39 is 29.6 Å². The van der Waals surface area contributed by atoms with E-state index in [1.807, 2.05) is 30.3 Å². The number of alkyl halides is 3. The first-order valence-electron chi connectivity index (χ1n) is 11.3. The van der Waals surface area contributed by atoms with E-state index in [1.54, 1.807) is 18.2 Å². The van der Waals surface area contributed by atoms with Crippen molar-refractivity contribution >= 4 is 29.1 Å². The average molecular weight is 530 g/mol. The summed E-state index contributed by atoms with van der Waals surface area (Å²) < 4.78 is 44.1. The Bertz CT molecular complexity index is 1340. The third-order valence-corrected chi connectivity index (χ3v) is 6.36. The summed E-state index contributed by atoms with van der Waals surface area (Å²) in [6, 6.07) is 17.8. The van der Waals surface area contributed by atoms with E-state index in [2.05, 4.69) is 5.10 Å². The van der Waals surface area contributed by atoms with Crippen molar-refractivity contribution in [3.8, 4) is 5.75 Å². The summed E-state index contributed by atoms with van der Waals surface area (Å²) in [6.07, 6.45) is -4.14. The lowest BCUT2D eigenvalue weighted by Gasteiger charge is -2.26. The first-order chi connectivity index (χ1) is 17.6. The molecule has 0 aromatic heterocycles. The van der Waals surface area contributed by atoms with Crippen LogP contribution in [-0.4, -0.2) is 48.1 Å². The molecule has 37 heavy (non-hydrogen) atoms. The third-order valence-electron chi connectivity index (χ3n) is 6.03. The second-order valence-corrected chi connectivity index (χ2v) is 8.87. The number of para-hydroxylation sites is 1. The number of hydrogen-bond acceptors (Lipinski definition) is 4. The maximum atomic E-state index is 13.4. The van der Waals surface area contributed by atoms with Gasteiger partial charge in [-0.25, -0.2) is 5.01 Å². The number of hydrogen-bond donors (Lipinski definition) is 0. The zero-order valence-corrected chi connectivity index (χ0v) is 20.8. The number of carbonyl (C=O) groups is 2. The quantitative estimate of drug-likeness (QED) is 0.404. The van der Waals surface area contributed by atoms with Gasteiger partial charge in [0, 0.05) is 35.2 Å². The van der Waals surface area contributed by atoms with Crippen LogP contribution in [0.1, 0.15) is 39.5 Å². The molecule has 0 aliphatic carbocycles. The highest BCUT2D eigenvalue weighted by atomic mass is 35.5. The lowest BCUT2D eigenvalue weighted by atomic mass is 9.97. The Morgan fingerprint density at radius 2 is 1.70 bits per heavy atom. The molecule has 10 heteroatoms. The van der Waals surface area contributed by atoms with Crippen LogP contribution in [-0.2, 0) is 11.0 Å². The van der Waals surface area contributed by atoms with Crippen molar-refractivity contribution in [2.75, 3.05) is 20.7 Å². The van der Waals surface area contributed by atoms with Crippen molar-refractivity contribution in [1.82, 2.24) is 9.91 Å². The maximum absolute atomic E-state index is 13.4. The summed E-state index contributed by atoms with van der Waals surface area (Å²) in [5.74, 6) is -0.485. The van der Waals surface area contributed by atoms with Crippen molar-refractivity contribution < 1.29 is 27.5 Å². The summed E-state index contributed by atoms with van der Waals surface area (Å²) in [5, 5.41) is 6.38. The van der Waals surface area contributed by atoms with E-state index in [0.717, 1.165) is 34.7 Å². The summed E-state index contributed by atoms with van der Waals surface area (Å²) in [7, 11) is 2.94. The van der Waals surface area contributed by atoms with Crippen molar-refractivity contribution in [1.29, 1.82) is 0 Å². The van der Waals surface area contributed by atoms with Gasteiger partial charge in [0.25, 0.3) is 11.8 Å². The predicted molar refractivity (Wildman–Crippen MR) is 134 cm³/mol. The molecule has 1 atom stereocenters. The van der Waals surface area contributed by atoms with E-state index in [9.17, 15) is 22.8 Å². The van der Waals surface area contributed by atoms with E-state index >= 15 is 0 Å². The molecule has 2 amide bonds. The van der Waals surface area contributed by atoms with Gasteiger partial charge in [-0.05, 0) is 36.4 Å². The number of halogens is 4. The summed E-state index contributed by atoms with van der Waals surface area (Å²) in [6.45, 7) is -0.342. The summed E-state index contributed by atoms with van der Waals surface area (Å²) in [4.78, 5) is 27.4. The number of carbonyl (C=O) groups excluding carboxylic acids is 2. The molecule has 3 aromatic rings. The molecule has 1 heterocycles. The molecule has 0 fully saturated rings. The van der Waals surface area contributed by atoms with Gasteiger partial charge < -0.3 is 9.64 Å². The van der Waals surface area contributed by atoms with Gasteiger partial charge in [-0.3, -0.25) is 9.59 Å². The van der Waals surface area contributed by atoms with Gasteiger partial charge in [0.05, 0.1) is 24.4 Å². The molecule has 192 valence electrons. The molecule has 0 bridgehead atoms. The van der Waals surface area contributed by atoms with Crippen LogP contribution in [0, 0.1) is 0 Å². The number of amides is 2. The number of nitrogens with zero attached hydrogens (tertiary/aromatic N) is 3. The predicted octanol–water partition coefficient (Wildman–Crippen LogP) is 5.82. The van der Waals surface area contributed by atoms with Gasteiger partial charge in [0.1, 0.15) is 12.3 Å². The minimum Gasteiger partial charge on any atom is -0.496 e. The SMILES string of the molecule is COc1ccccc1[C@H]1CC(c2ccccc2Cl)=NN1C(=O)CN(C)C(=O)c1ccc(C(F)(F)F)cc1. The normalized spacial score (nSPS) is 15.4. The number of methoxy groups -OCH3 is 1. The van der Waals surface area contributed by atoms with Crippen LogP contribution in [0.15, 0.2) is 77.9 Å². The second-order valence-electron chi connectivity index (χ2n) is 8.46. The Hall–Kier alpha value is -3.85. The molecule has 1 aliphatic heterocycles. The van der Waals surface area contributed by atoms with Gasteiger partial charge >= 0.3 is 6.18 Å². The first-order valence-corrected chi connectivity index (χ1v) is 11.7. The number of rotatable bonds is 6. The van der Waals surface area contributed by atoms with Gasteiger partial charge in [0.2, 0.25) is 0 Å². The monoisotopic (exact) mass is 529 g/mol. The molecule has 0 spiro atoms. The molecule has 6 nitrogen and oxygen atoms in total. The van der Waals surface area contributed by atoms with Crippen molar-refractivity contribution in [3.05, 3.63) is 100 Å². The van der Waals surface area contributed by atoms with Crippen LogP contribution in [0.5, 0.6) is 5.75 Å². The molecule has 0 saturated heterocycles. The molecule has 1 aliphatic rings.